The number of nitrogens with zero attached hydrogens (tertiary/aromatic N) is 3. The molecule has 0 spiro atoms. The van der Waals surface area contributed by atoms with Gasteiger partial charge in [0, 0.05) is 5.41 Å². The first kappa shape index (κ1) is 13.3. The minimum absolute atomic E-state index is 0.0390. The van der Waals surface area contributed by atoms with E-state index in [1.54, 1.807) is 10.6 Å². The van der Waals surface area contributed by atoms with E-state index >= 15 is 0 Å². The fourth-order valence-corrected chi connectivity index (χ4v) is 1.99. The number of hydrogen-bond donors (Lipinski definition) is 0. The van der Waals surface area contributed by atoms with Gasteiger partial charge in [-0.05, 0) is 29.8 Å². The van der Waals surface area contributed by atoms with Crippen molar-refractivity contribution >= 4 is 23.2 Å². The largest absolute Gasteiger partial charge is 0.269 e. The molecule has 0 aliphatic heterocycles. The van der Waals surface area contributed by atoms with Crippen LogP contribution in [0.2, 0.25) is 10.3 Å². The predicted octanol–water partition coefficient (Wildman–Crippen LogP) is 4.01. The molecule has 18 heavy (non-hydrogen) atoms. The Kier molecular flexibility index (Phi) is 3.34. The van der Waals surface area contributed by atoms with Gasteiger partial charge in [0.05, 0.1) is 10.7 Å². The van der Waals surface area contributed by atoms with Crippen LogP contribution >= 0.6 is 23.2 Å². The predicted molar refractivity (Wildman–Crippen MR) is 70.0 cm³/mol. The minimum atomic E-state index is -0.470. The van der Waals surface area contributed by atoms with Crippen molar-refractivity contribution in [2.24, 2.45) is 0 Å². The van der Waals surface area contributed by atoms with Crippen molar-refractivity contribution in [2.75, 3.05) is 0 Å². The summed E-state index contributed by atoms with van der Waals surface area (Å²) in [4.78, 5) is 0. The zero-order chi connectivity index (χ0) is 13.5. The third kappa shape index (κ3) is 2.35. The quantitative estimate of drug-likeness (QED) is 0.793. The van der Waals surface area contributed by atoms with E-state index in [1.807, 2.05) is 20.8 Å². The fourth-order valence-electron chi connectivity index (χ4n) is 1.60. The van der Waals surface area contributed by atoms with Gasteiger partial charge in [0.25, 0.3) is 0 Å². The minimum Gasteiger partial charge on any atom is -0.269 e. The van der Waals surface area contributed by atoms with Gasteiger partial charge in [0.2, 0.25) is 5.28 Å². The summed E-state index contributed by atoms with van der Waals surface area (Å²) in [5.74, 6) is 0.220. The standard InChI is InChI=1S/C12H12Cl2FN3/c1-12(2,3)10-16-17-11(14)18(10)7-4-5-9(15)8(13)6-7/h4-6H,1-3H3. The van der Waals surface area contributed by atoms with Crippen molar-refractivity contribution in [1.82, 2.24) is 14.8 Å². The highest BCUT2D eigenvalue weighted by Gasteiger charge is 2.24. The summed E-state index contributed by atoms with van der Waals surface area (Å²) in [5.41, 5.74) is 0.405. The highest BCUT2D eigenvalue weighted by molar-refractivity contribution is 6.31. The molecule has 0 atom stereocenters. The first-order valence-electron chi connectivity index (χ1n) is 5.37. The van der Waals surface area contributed by atoms with Crippen molar-refractivity contribution in [2.45, 2.75) is 26.2 Å². The molecule has 0 aliphatic carbocycles. The molecule has 0 unspecified atom stereocenters. The monoisotopic (exact) mass is 287 g/mol. The van der Waals surface area contributed by atoms with Crippen LogP contribution in [0.1, 0.15) is 26.6 Å². The van der Waals surface area contributed by atoms with Crippen LogP contribution in [-0.2, 0) is 5.41 Å². The lowest BCUT2D eigenvalue weighted by Crippen LogP contribution is -2.18. The maximum Gasteiger partial charge on any atom is 0.229 e. The van der Waals surface area contributed by atoms with Crippen molar-refractivity contribution in [3.63, 3.8) is 0 Å². The molecule has 1 heterocycles. The molecule has 0 bridgehead atoms. The van der Waals surface area contributed by atoms with Crippen LogP contribution in [-0.4, -0.2) is 14.8 Å². The summed E-state index contributed by atoms with van der Waals surface area (Å²) in [5, 5.41) is 8.18. The third-order valence-corrected chi connectivity index (χ3v) is 2.99. The number of hydrogen-bond acceptors (Lipinski definition) is 2. The van der Waals surface area contributed by atoms with E-state index in [4.69, 9.17) is 23.2 Å². The van der Waals surface area contributed by atoms with E-state index in [0.717, 1.165) is 0 Å². The Morgan fingerprint density at radius 2 is 1.83 bits per heavy atom. The maximum absolute atomic E-state index is 13.2. The Bertz CT molecular complexity index is 587. The Hall–Kier alpha value is -1.13. The lowest BCUT2D eigenvalue weighted by molar-refractivity contribution is 0.533. The molecule has 3 nitrogen and oxygen atoms in total. The first-order valence-corrected chi connectivity index (χ1v) is 6.13. The highest BCUT2D eigenvalue weighted by atomic mass is 35.5. The number of aromatic nitrogens is 3. The van der Waals surface area contributed by atoms with Gasteiger partial charge in [-0.3, -0.25) is 4.57 Å². The molecule has 96 valence electrons. The van der Waals surface area contributed by atoms with Gasteiger partial charge in [-0.15, -0.1) is 10.2 Å². The summed E-state index contributed by atoms with van der Waals surface area (Å²) in [6.07, 6.45) is 0. The Labute approximate surface area is 115 Å². The normalized spacial score (nSPS) is 11.9. The Balaban J connectivity index is 2.63. The molecular formula is C12H12Cl2FN3. The molecule has 1 aromatic heterocycles. The van der Waals surface area contributed by atoms with Crippen LogP contribution in [0.4, 0.5) is 4.39 Å². The summed E-state index contributed by atoms with van der Waals surface area (Å²) < 4.78 is 14.8. The Morgan fingerprint density at radius 1 is 1.17 bits per heavy atom. The molecule has 0 amide bonds. The van der Waals surface area contributed by atoms with E-state index in [2.05, 4.69) is 10.2 Å². The third-order valence-electron chi connectivity index (χ3n) is 2.46. The van der Waals surface area contributed by atoms with Gasteiger partial charge < -0.3 is 0 Å². The second-order valence-corrected chi connectivity index (χ2v) is 5.72. The van der Waals surface area contributed by atoms with Gasteiger partial charge in [-0.1, -0.05) is 32.4 Å². The van der Waals surface area contributed by atoms with Gasteiger partial charge in [-0.2, -0.15) is 0 Å². The average molecular weight is 288 g/mol. The van der Waals surface area contributed by atoms with Crippen LogP contribution in [0, 0.1) is 5.82 Å². The van der Waals surface area contributed by atoms with E-state index in [9.17, 15) is 4.39 Å². The molecule has 0 radical (unpaired) electrons. The fraction of sp³-hybridized carbons (Fsp3) is 0.333. The molecule has 0 fully saturated rings. The number of rotatable bonds is 1. The van der Waals surface area contributed by atoms with E-state index < -0.39 is 5.82 Å². The van der Waals surface area contributed by atoms with Gasteiger partial charge >= 0.3 is 0 Å². The zero-order valence-electron chi connectivity index (χ0n) is 10.2. The van der Waals surface area contributed by atoms with E-state index in [0.29, 0.717) is 11.5 Å². The molecular weight excluding hydrogens is 276 g/mol. The van der Waals surface area contributed by atoms with Crippen LogP contribution in [0.25, 0.3) is 5.69 Å². The summed E-state index contributed by atoms with van der Waals surface area (Å²) in [6, 6.07) is 4.38. The summed E-state index contributed by atoms with van der Waals surface area (Å²) in [6.45, 7) is 5.99. The molecule has 2 aromatic rings. The van der Waals surface area contributed by atoms with Crippen LogP contribution in [0.3, 0.4) is 0 Å². The van der Waals surface area contributed by atoms with Gasteiger partial charge in [0.15, 0.2) is 0 Å². The highest BCUT2D eigenvalue weighted by Crippen LogP contribution is 2.28. The van der Waals surface area contributed by atoms with Crippen molar-refractivity contribution in [3.8, 4) is 5.69 Å². The van der Waals surface area contributed by atoms with Crippen LogP contribution in [0.5, 0.6) is 0 Å². The lowest BCUT2D eigenvalue weighted by atomic mass is 9.95. The smallest absolute Gasteiger partial charge is 0.229 e. The molecule has 0 saturated heterocycles. The maximum atomic E-state index is 13.2. The van der Waals surface area contributed by atoms with Crippen molar-refractivity contribution in [3.05, 3.63) is 40.1 Å². The first-order chi connectivity index (χ1) is 8.30. The number of halogens is 3. The molecule has 0 aliphatic rings. The van der Waals surface area contributed by atoms with E-state index in [-0.39, 0.29) is 15.7 Å². The molecule has 1 aromatic carbocycles. The van der Waals surface area contributed by atoms with Crippen LogP contribution < -0.4 is 0 Å². The lowest BCUT2D eigenvalue weighted by Gasteiger charge is -2.19. The second kappa shape index (κ2) is 4.52. The second-order valence-electron chi connectivity index (χ2n) is 4.98. The van der Waals surface area contributed by atoms with E-state index in [1.165, 1.54) is 12.1 Å². The molecule has 2 rings (SSSR count). The Morgan fingerprint density at radius 3 is 2.39 bits per heavy atom. The zero-order valence-corrected chi connectivity index (χ0v) is 11.7. The molecule has 6 heteroatoms. The summed E-state index contributed by atoms with van der Waals surface area (Å²) >= 11 is 11.8. The van der Waals surface area contributed by atoms with Crippen molar-refractivity contribution in [1.29, 1.82) is 0 Å². The average Bonchev–Trinajstić information content (AvgIpc) is 2.64. The van der Waals surface area contributed by atoms with Crippen LogP contribution in [0.15, 0.2) is 18.2 Å². The SMILES string of the molecule is CC(C)(C)c1nnc(Cl)n1-c1ccc(F)c(Cl)c1. The molecule has 0 saturated carbocycles. The summed E-state index contributed by atoms with van der Waals surface area (Å²) in [7, 11) is 0. The van der Waals surface area contributed by atoms with Crippen molar-refractivity contribution < 1.29 is 4.39 Å². The topological polar surface area (TPSA) is 30.7 Å². The van der Waals surface area contributed by atoms with Gasteiger partial charge in [0.1, 0.15) is 11.6 Å². The van der Waals surface area contributed by atoms with Gasteiger partial charge in [-0.25, -0.2) is 4.39 Å². The number of benzene rings is 1. The molecule has 0 N–H and O–H groups in total.